The molecule has 0 amide bonds. The van der Waals surface area contributed by atoms with Gasteiger partial charge in [0.25, 0.3) is 0 Å². The Hall–Kier alpha value is -1.17. The minimum Gasteiger partial charge on any atom is -0.377 e. The fraction of sp³-hybridized carbons (Fsp3) is 0.583. The van der Waals surface area contributed by atoms with E-state index >= 15 is 0 Å². The van der Waals surface area contributed by atoms with Crippen molar-refractivity contribution in [2.75, 3.05) is 25.1 Å². The number of anilines is 1. The highest BCUT2D eigenvalue weighted by Crippen LogP contribution is 2.10. The van der Waals surface area contributed by atoms with Crippen molar-refractivity contribution in [3.63, 3.8) is 0 Å². The summed E-state index contributed by atoms with van der Waals surface area (Å²) in [7, 11) is 0. The zero-order valence-corrected chi connectivity index (χ0v) is 10.2. The molecule has 1 saturated heterocycles. The summed E-state index contributed by atoms with van der Waals surface area (Å²) in [6.07, 6.45) is 1.38. The third-order valence-corrected chi connectivity index (χ3v) is 2.88. The van der Waals surface area contributed by atoms with E-state index in [2.05, 4.69) is 22.2 Å². The average molecular weight is 236 g/mol. The van der Waals surface area contributed by atoms with Crippen LogP contribution in [0, 0.1) is 0 Å². The molecule has 5 heteroatoms. The summed E-state index contributed by atoms with van der Waals surface area (Å²) in [6, 6.07) is 5.85. The van der Waals surface area contributed by atoms with E-state index < -0.39 is 0 Å². The average Bonchev–Trinajstić information content (AvgIpc) is 2.54. The number of nitrogens with two attached hydrogens (primary N) is 1. The SMILES string of the molecule is CC1CN(Cc2cccc(NN)n2)CCCO1. The van der Waals surface area contributed by atoms with Crippen LogP contribution in [0.5, 0.6) is 0 Å². The molecule has 0 spiro atoms. The Bertz CT molecular complexity index is 358. The van der Waals surface area contributed by atoms with Crippen LogP contribution in [0.15, 0.2) is 18.2 Å². The van der Waals surface area contributed by atoms with Gasteiger partial charge in [0.1, 0.15) is 5.82 Å². The topological polar surface area (TPSA) is 63.4 Å². The fourth-order valence-corrected chi connectivity index (χ4v) is 2.10. The standard InChI is InChI=1S/C12H20N4O/c1-10-8-16(6-3-7-17-10)9-11-4-2-5-12(14-11)15-13/h2,4-5,10H,3,6-9,13H2,1H3,(H,14,15). The lowest BCUT2D eigenvalue weighted by Crippen LogP contribution is -2.30. The highest BCUT2D eigenvalue weighted by molar-refractivity contribution is 5.33. The van der Waals surface area contributed by atoms with E-state index in [1.54, 1.807) is 0 Å². The maximum Gasteiger partial charge on any atom is 0.140 e. The number of rotatable bonds is 3. The van der Waals surface area contributed by atoms with Crippen molar-refractivity contribution in [2.24, 2.45) is 5.84 Å². The molecular weight excluding hydrogens is 216 g/mol. The first-order chi connectivity index (χ1) is 8.28. The van der Waals surface area contributed by atoms with E-state index in [9.17, 15) is 0 Å². The van der Waals surface area contributed by atoms with Crippen molar-refractivity contribution in [2.45, 2.75) is 26.0 Å². The molecule has 5 nitrogen and oxygen atoms in total. The van der Waals surface area contributed by atoms with Gasteiger partial charge in [-0.05, 0) is 25.5 Å². The molecule has 0 bridgehead atoms. The molecule has 1 fully saturated rings. The number of aromatic nitrogens is 1. The summed E-state index contributed by atoms with van der Waals surface area (Å²) in [6.45, 7) is 5.84. The molecule has 1 atom stereocenters. The number of pyridine rings is 1. The van der Waals surface area contributed by atoms with Gasteiger partial charge in [0.15, 0.2) is 0 Å². The predicted octanol–water partition coefficient (Wildman–Crippen LogP) is 0.978. The molecule has 1 aliphatic rings. The fourth-order valence-electron chi connectivity index (χ4n) is 2.10. The Morgan fingerprint density at radius 1 is 1.59 bits per heavy atom. The van der Waals surface area contributed by atoms with E-state index in [1.807, 2.05) is 18.2 Å². The normalized spacial score (nSPS) is 22.1. The van der Waals surface area contributed by atoms with Crippen LogP contribution in [0.4, 0.5) is 5.82 Å². The molecule has 1 aliphatic heterocycles. The van der Waals surface area contributed by atoms with Crippen LogP contribution in [0.2, 0.25) is 0 Å². The number of hydrogen-bond donors (Lipinski definition) is 2. The van der Waals surface area contributed by atoms with Crippen molar-refractivity contribution >= 4 is 5.82 Å². The van der Waals surface area contributed by atoms with Gasteiger partial charge in [-0.3, -0.25) is 4.90 Å². The summed E-state index contributed by atoms with van der Waals surface area (Å²) < 4.78 is 5.62. The first-order valence-corrected chi connectivity index (χ1v) is 6.04. The van der Waals surface area contributed by atoms with E-state index in [4.69, 9.17) is 10.6 Å². The molecular formula is C12H20N4O. The highest BCUT2D eigenvalue weighted by atomic mass is 16.5. The molecule has 0 aromatic carbocycles. The lowest BCUT2D eigenvalue weighted by atomic mass is 10.3. The second-order valence-corrected chi connectivity index (χ2v) is 4.43. The van der Waals surface area contributed by atoms with E-state index in [0.717, 1.165) is 38.4 Å². The van der Waals surface area contributed by atoms with Crippen molar-refractivity contribution in [3.05, 3.63) is 23.9 Å². The number of ether oxygens (including phenoxy) is 1. The van der Waals surface area contributed by atoms with Crippen LogP contribution in [-0.4, -0.2) is 35.7 Å². The second-order valence-electron chi connectivity index (χ2n) is 4.43. The van der Waals surface area contributed by atoms with E-state index in [0.29, 0.717) is 11.9 Å². The summed E-state index contributed by atoms with van der Waals surface area (Å²) in [5, 5.41) is 0. The third kappa shape index (κ3) is 3.66. The number of nitrogens with zero attached hydrogens (tertiary/aromatic N) is 2. The lowest BCUT2D eigenvalue weighted by molar-refractivity contribution is 0.0666. The molecule has 17 heavy (non-hydrogen) atoms. The van der Waals surface area contributed by atoms with Crippen LogP contribution < -0.4 is 11.3 Å². The Morgan fingerprint density at radius 3 is 3.29 bits per heavy atom. The van der Waals surface area contributed by atoms with Crippen LogP contribution in [0.3, 0.4) is 0 Å². The summed E-state index contributed by atoms with van der Waals surface area (Å²) in [5.41, 5.74) is 3.61. The molecule has 1 aromatic rings. The zero-order valence-electron chi connectivity index (χ0n) is 10.2. The van der Waals surface area contributed by atoms with Gasteiger partial charge in [-0.1, -0.05) is 6.07 Å². The van der Waals surface area contributed by atoms with Gasteiger partial charge in [0, 0.05) is 26.2 Å². The molecule has 2 rings (SSSR count). The van der Waals surface area contributed by atoms with Gasteiger partial charge in [-0.2, -0.15) is 0 Å². The number of nitrogen functional groups attached to an aromatic ring is 1. The minimum atomic E-state index is 0.299. The van der Waals surface area contributed by atoms with Gasteiger partial charge in [0.2, 0.25) is 0 Å². The second kappa shape index (κ2) is 5.95. The van der Waals surface area contributed by atoms with Crippen molar-refractivity contribution < 1.29 is 4.74 Å². The quantitative estimate of drug-likeness (QED) is 0.605. The Kier molecular flexibility index (Phi) is 4.30. The van der Waals surface area contributed by atoms with E-state index in [1.165, 1.54) is 0 Å². The molecule has 2 heterocycles. The van der Waals surface area contributed by atoms with Crippen LogP contribution in [0.25, 0.3) is 0 Å². The molecule has 1 aromatic heterocycles. The van der Waals surface area contributed by atoms with Crippen LogP contribution in [0.1, 0.15) is 19.0 Å². The Morgan fingerprint density at radius 2 is 2.47 bits per heavy atom. The number of hydrazine groups is 1. The number of nitrogens with one attached hydrogen (secondary N) is 1. The molecule has 0 radical (unpaired) electrons. The van der Waals surface area contributed by atoms with E-state index in [-0.39, 0.29) is 0 Å². The van der Waals surface area contributed by atoms with Crippen molar-refractivity contribution in [1.82, 2.24) is 9.88 Å². The monoisotopic (exact) mass is 236 g/mol. The van der Waals surface area contributed by atoms with Gasteiger partial charge < -0.3 is 10.2 Å². The van der Waals surface area contributed by atoms with Gasteiger partial charge in [-0.25, -0.2) is 10.8 Å². The highest BCUT2D eigenvalue weighted by Gasteiger charge is 2.15. The minimum absolute atomic E-state index is 0.299. The first-order valence-electron chi connectivity index (χ1n) is 6.04. The molecule has 94 valence electrons. The smallest absolute Gasteiger partial charge is 0.140 e. The Labute approximate surface area is 102 Å². The Balaban J connectivity index is 1.98. The summed E-state index contributed by atoms with van der Waals surface area (Å²) in [4.78, 5) is 6.80. The number of hydrogen-bond acceptors (Lipinski definition) is 5. The summed E-state index contributed by atoms with van der Waals surface area (Å²) in [5.74, 6) is 6.06. The summed E-state index contributed by atoms with van der Waals surface area (Å²) >= 11 is 0. The molecule has 1 unspecified atom stereocenters. The van der Waals surface area contributed by atoms with Crippen molar-refractivity contribution in [1.29, 1.82) is 0 Å². The van der Waals surface area contributed by atoms with Gasteiger partial charge in [-0.15, -0.1) is 0 Å². The molecule has 0 saturated carbocycles. The van der Waals surface area contributed by atoms with Crippen LogP contribution >= 0.6 is 0 Å². The molecule has 0 aliphatic carbocycles. The lowest BCUT2D eigenvalue weighted by Gasteiger charge is -2.21. The zero-order chi connectivity index (χ0) is 12.1. The first kappa shape index (κ1) is 12.3. The largest absolute Gasteiger partial charge is 0.377 e. The van der Waals surface area contributed by atoms with Gasteiger partial charge >= 0.3 is 0 Å². The van der Waals surface area contributed by atoms with Gasteiger partial charge in [0.05, 0.1) is 11.8 Å². The maximum atomic E-state index is 5.62. The van der Waals surface area contributed by atoms with Crippen molar-refractivity contribution in [3.8, 4) is 0 Å². The molecule has 3 N–H and O–H groups in total. The third-order valence-electron chi connectivity index (χ3n) is 2.88. The van der Waals surface area contributed by atoms with Crippen LogP contribution in [-0.2, 0) is 11.3 Å². The predicted molar refractivity (Wildman–Crippen MR) is 67.4 cm³/mol. The maximum absolute atomic E-state index is 5.62.